The minimum Gasteiger partial charge on any atom is -0.309 e. The van der Waals surface area contributed by atoms with Gasteiger partial charge in [-0.25, -0.2) is 0 Å². The molecule has 9 aromatic rings. The van der Waals surface area contributed by atoms with Gasteiger partial charge in [0.15, 0.2) is 0 Å². The van der Waals surface area contributed by atoms with E-state index in [0.29, 0.717) is 0 Å². The normalized spacial score (nSPS) is 13.5. The molecule has 2 heteroatoms. The smallest absolute Gasteiger partial charge is 0.0547 e. The summed E-state index contributed by atoms with van der Waals surface area (Å²) < 4.78 is 4.84. The highest BCUT2D eigenvalue weighted by molar-refractivity contribution is 6.12. The minimum absolute atomic E-state index is 0.0132. The second-order valence-electron chi connectivity index (χ2n) is 13.4. The lowest BCUT2D eigenvalue weighted by atomic mass is 9.82. The Bertz CT molecular complexity index is 2700. The van der Waals surface area contributed by atoms with Gasteiger partial charge in [0.2, 0.25) is 0 Å². The van der Waals surface area contributed by atoms with Crippen LogP contribution in [-0.2, 0) is 5.41 Å². The number of rotatable bonds is 3. The SMILES string of the molecule is CC1(C)c2ccccc2-c2cc(-n3c4ccccc4c4ccc(-c5ccc6c(c5)c5ccccc5n6-c5ccccc5)cc43)ccc21. The van der Waals surface area contributed by atoms with Gasteiger partial charge in [-0.3, -0.25) is 0 Å². The van der Waals surface area contributed by atoms with Crippen LogP contribution in [0.5, 0.6) is 0 Å². The van der Waals surface area contributed by atoms with E-state index in [1.807, 2.05) is 0 Å². The van der Waals surface area contributed by atoms with Gasteiger partial charge in [0.25, 0.3) is 0 Å². The molecule has 0 fully saturated rings. The molecule has 0 saturated carbocycles. The van der Waals surface area contributed by atoms with E-state index >= 15 is 0 Å². The number of hydrogen-bond acceptors (Lipinski definition) is 0. The summed E-state index contributed by atoms with van der Waals surface area (Å²) in [6.07, 6.45) is 0. The second-order valence-corrected chi connectivity index (χ2v) is 13.4. The van der Waals surface area contributed by atoms with Crippen molar-refractivity contribution in [3.8, 4) is 33.6 Å². The van der Waals surface area contributed by atoms with E-state index in [2.05, 4.69) is 181 Å². The average molecular weight is 601 g/mol. The molecule has 2 heterocycles. The van der Waals surface area contributed by atoms with Crippen LogP contribution < -0.4 is 0 Å². The Labute approximate surface area is 273 Å². The van der Waals surface area contributed by atoms with Crippen molar-refractivity contribution in [1.29, 1.82) is 0 Å². The van der Waals surface area contributed by atoms with Gasteiger partial charge in [0.05, 0.1) is 22.1 Å². The van der Waals surface area contributed by atoms with Crippen molar-refractivity contribution >= 4 is 43.6 Å². The molecule has 2 nitrogen and oxygen atoms in total. The summed E-state index contributed by atoms with van der Waals surface area (Å²) in [6, 6.07) is 58.1. The predicted molar refractivity (Wildman–Crippen MR) is 198 cm³/mol. The lowest BCUT2D eigenvalue weighted by molar-refractivity contribution is 0.660. The monoisotopic (exact) mass is 600 g/mol. The predicted octanol–water partition coefficient (Wildman–Crippen LogP) is 11.9. The van der Waals surface area contributed by atoms with Crippen molar-refractivity contribution in [2.45, 2.75) is 19.3 Å². The molecule has 2 aromatic heterocycles. The fourth-order valence-electron chi connectivity index (χ4n) is 8.28. The van der Waals surface area contributed by atoms with E-state index in [0.717, 1.165) is 0 Å². The molecule has 1 aliphatic carbocycles. The van der Waals surface area contributed by atoms with Gasteiger partial charge in [-0.1, -0.05) is 117 Å². The maximum atomic E-state index is 2.46. The molecule has 0 radical (unpaired) electrons. The van der Waals surface area contributed by atoms with Gasteiger partial charge < -0.3 is 9.13 Å². The van der Waals surface area contributed by atoms with Crippen LogP contribution >= 0.6 is 0 Å². The summed E-state index contributed by atoms with van der Waals surface area (Å²) >= 11 is 0. The lowest BCUT2D eigenvalue weighted by Gasteiger charge is -2.21. The molecule has 0 unspecified atom stereocenters. The van der Waals surface area contributed by atoms with Crippen LogP contribution in [0, 0.1) is 0 Å². The summed E-state index contributed by atoms with van der Waals surface area (Å²) in [7, 11) is 0. The molecule has 0 spiro atoms. The lowest BCUT2D eigenvalue weighted by Crippen LogP contribution is -2.14. The first-order valence-corrected chi connectivity index (χ1v) is 16.4. The van der Waals surface area contributed by atoms with Gasteiger partial charge in [-0.05, 0) is 88.0 Å². The maximum absolute atomic E-state index is 2.46. The van der Waals surface area contributed by atoms with E-state index in [1.165, 1.54) is 88.4 Å². The van der Waals surface area contributed by atoms with Crippen LogP contribution in [0.25, 0.3) is 77.2 Å². The van der Waals surface area contributed by atoms with Crippen LogP contribution in [0.1, 0.15) is 25.0 Å². The van der Waals surface area contributed by atoms with Crippen molar-refractivity contribution in [3.63, 3.8) is 0 Å². The van der Waals surface area contributed by atoms with Gasteiger partial charge in [-0.15, -0.1) is 0 Å². The summed E-state index contributed by atoms with van der Waals surface area (Å²) in [6.45, 7) is 4.69. The quantitative estimate of drug-likeness (QED) is 0.191. The largest absolute Gasteiger partial charge is 0.309 e. The maximum Gasteiger partial charge on any atom is 0.0547 e. The fourth-order valence-corrected chi connectivity index (χ4v) is 8.28. The van der Waals surface area contributed by atoms with Gasteiger partial charge in [-0.2, -0.15) is 0 Å². The number of para-hydroxylation sites is 3. The third-order valence-electron chi connectivity index (χ3n) is 10.5. The Balaban J connectivity index is 1.19. The number of fused-ring (bicyclic) bond motifs is 9. The van der Waals surface area contributed by atoms with Gasteiger partial charge in [0, 0.05) is 38.3 Å². The van der Waals surface area contributed by atoms with Crippen molar-refractivity contribution in [3.05, 3.63) is 169 Å². The Hall–Kier alpha value is -5.86. The first kappa shape index (κ1) is 26.4. The number of benzene rings is 7. The minimum atomic E-state index is -0.0132. The molecular weight excluding hydrogens is 569 g/mol. The first-order valence-electron chi connectivity index (χ1n) is 16.4. The van der Waals surface area contributed by atoms with Crippen LogP contribution in [0.4, 0.5) is 0 Å². The third-order valence-corrected chi connectivity index (χ3v) is 10.5. The molecule has 0 amide bonds. The highest BCUT2D eigenvalue weighted by Gasteiger charge is 2.35. The molecule has 0 bridgehead atoms. The Kier molecular flexibility index (Phi) is 5.37. The average Bonchev–Trinajstić information content (AvgIpc) is 3.71. The molecule has 0 N–H and O–H groups in total. The Morgan fingerprint density at radius 1 is 0.362 bits per heavy atom. The van der Waals surface area contributed by atoms with Crippen molar-refractivity contribution in [2.75, 3.05) is 0 Å². The topological polar surface area (TPSA) is 9.86 Å². The zero-order chi connectivity index (χ0) is 31.3. The van der Waals surface area contributed by atoms with Crippen molar-refractivity contribution in [1.82, 2.24) is 9.13 Å². The van der Waals surface area contributed by atoms with E-state index in [4.69, 9.17) is 0 Å². The highest BCUT2D eigenvalue weighted by atomic mass is 15.0. The molecule has 10 rings (SSSR count). The summed E-state index contributed by atoms with van der Waals surface area (Å²) in [5, 5.41) is 5.08. The van der Waals surface area contributed by atoms with E-state index in [1.54, 1.807) is 0 Å². The van der Waals surface area contributed by atoms with Gasteiger partial charge in [0.1, 0.15) is 0 Å². The Morgan fingerprint density at radius 2 is 0.936 bits per heavy atom. The molecule has 0 atom stereocenters. The van der Waals surface area contributed by atoms with Crippen molar-refractivity contribution < 1.29 is 0 Å². The summed E-state index contributed by atoms with van der Waals surface area (Å²) in [4.78, 5) is 0. The highest BCUT2D eigenvalue weighted by Crippen LogP contribution is 2.49. The zero-order valence-electron chi connectivity index (χ0n) is 26.4. The van der Waals surface area contributed by atoms with Crippen molar-refractivity contribution in [2.24, 2.45) is 0 Å². The van der Waals surface area contributed by atoms with Gasteiger partial charge >= 0.3 is 0 Å². The number of nitrogens with zero attached hydrogens (tertiary/aromatic N) is 2. The van der Waals surface area contributed by atoms with E-state index < -0.39 is 0 Å². The Morgan fingerprint density at radius 3 is 1.74 bits per heavy atom. The van der Waals surface area contributed by atoms with Crippen LogP contribution in [-0.4, -0.2) is 9.13 Å². The number of hydrogen-bond donors (Lipinski definition) is 0. The molecular formula is C45H32N2. The molecule has 0 aliphatic heterocycles. The van der Waals surface area contributed by atoms with E-state index in [9.17, 15) is 0 Å². The summed E-state index contributed by atoms with van der Waals surface area (Å²) in [5.41, 5.74) is 15.2. The van der Waals surface area contributed by atoms with Crippen LogP contribution in [0.3, 0.4) is 0 Å². The molecule has 0 saturated heterocycles. The number of aromatic nitrogens is 2. The molecule has 7 aromatic carbocycles. The third kappa shape index (κ3) is 3.67. The standard InChI is InChI=1S/C45H32N2/c1-45(2)39-17-9-6-14-33(39)37-28-32(22-24-40(37)45)47-41-18-10-7-15-34(41)36-23-20-30(27-44(36)47)29-21-25-43-38(26-29)35-16-8-11-19-42(35)46(43)31-12-4-3-5-13-31/h3-28H,1-2H3. The van der Waals surface area contributed by atoms with Crippen LogP contribution in [0.2, 0.25) is 0 Å². The molecule has 47 heavy (non-hydrogen) atoms. The first-order chi connectivity index (χ1) is 23.1. The van der Waals surface area contributed by atoms with Crippen LogP contribution in [0.15, 0.2) is 158 Å². The molecule has 1 aliphatic rings. The zero-order valence-corrected chi connectivity index (χ0v) is 26.4. The molecule has 222 valence electrons. The summed E-state index contributed by atoms with van der Waals surface area (Å²) in [5.74, 6) is 0. The second kappa shape index (κ2) is 9.57. The fraction of sp³-hybridized carbons (Fsp3) is 0.0667. The van der Waals surface area contributed by atoms with E-state index in [-0.39, 0.29) is 5.41 Å².